The van der Waals surface area contributed by atoms with Gasteiger partial charge in [0.2, 0.25) is 0 Å². The molecule has 19 heavy (non-hydrogen) atoms. The van der Waals surface area contributed by atoms with Crippen LogP contribution in [0.5, 0.6) is 0 Å². The van der Waals surface area contributed by atoms with E-state index in [9.17, 15) is 9.90 Å². The van der Waals surface area contributed by atoms with Crippen LogP contribution in [-0.4, -0.2) is 11.1 Å². The molecule has 0 heterocycles. The number of halogens is 1. The number of carbonyl (C=O) groups is 1. The monoisotopic (exact) mass is 278 g/mol. The summed E-state index contributed by atoms with van der Waals surface area (Å²) in [7, 11) is 0. The van der Waals surface area contributed by atoms with E-state index < -0.39 is 5.97 Å². The second-order valence-corrected chi connectivity index (χ2v) is 6.43. The van der Waals surface area contributed by atoms with Crippen LogP contribution in [0.15, 0.2) is 18.2 Å². The number of hydrogen-bond acceptors (Lipinski definition) is 1. The summed E-state index contributed by atoms with van der Waals surface area (Å²) >= 11 is 6.10. The Kier molecular flexibility index (Phi) is 3.30. The van der Waals surface area contributed by atoms with Gasteiger partial charge in [0.05, 0.1) is 0 Å². The van der Waals surface area contributed by atoms with E-state index >= 15 is 0 Å². The highest BCUT2D eigenvalue weighted by molar-refractivity contribution is 6.30. The maximum absolute atomic E-state index is 11.2. The molecule has 0 bridgehead atoms. The molecular formula is C16H19ClO2. The van der Waals surface area contributed by atoms with Crippen molar-refractivity contribution in [2.45, 2.75) is 50.4 Å². The third-order valence-electron chi connectivity index (χ3n) is 5.06. The van der Waals surface area contributed by atoms with E-state index in [-0.39, 0.29) is 5.41 Å². The first kappa shape index (κ1) is 13.0. The van der Waals surface area contributed by atoms with Crippen molar-refractivity contribution in [2.75, 3.05) is 0 Å². The molecule has 1 unspecified atom stereocenters. The average molecular weight is 279 g/mol. The number of rotatable bonds is 2. The number of hydrogen-bond donors (Lipinski definition) is 1. The summed E-state index contributed by atoms with van der Waals surface area (Å²) in [6.45, 7) is 0. The molecule has 0 amide bonds. The van der Waals surface area contributed by atoms with Gasteiger partial charge in [-0.15, -0.1) is 0 Å². The molecule has 1 aromatic rings. The van der Waals surface area contributed by atoms with Gasteiger partial charge in [-0.1, -0.05) is 30.5 Å². The van der Waals surface area contributed by atoms with Crippen LogP contribution >= 0.6 is 11.6 Å². The van der Waals surface area contributed by atoms with Gasteiger partial charge in [0, 0.05) is 11.4 Å². The Labute approximate surface area is 118 Å². The second-order valence-electron chi connectivity index (χ2n) is 6.00. The van der Waals surface area contributed by atoms with E-state index in [1.807, 2.05) is 6.07 Å². The van der Waals surface area contributed by atoms with Gasteiger partial charge < -0.3 is 5.11 Å². The van der Waals surface area contributed by atoms with E-state index in [0.29, 0.717) is 12.3 Å². The molecule has 0 aliphatic heterocycles. The molecule has 0 radical (unpaired) electrons. The van der Waals surface area contributed by atoms with Crippen LogP contribution in [0.4, 0.5) is 0 Å². The van der Waals surface area contributed by atoms with Crippen LogP contribution in [-0.2, 0) is 16.6 Å². The van der Waals surface area contributed by atoms with Crippen molar-refractivity contribution in [1.29, 1.82) is 0 Å². The Bertz CT molecular complexity index is 503. The molecule has 1 aromatic carbocycles. The number of carboxylic acid groups (broad SMARTS) is 1. The first-order valence-electron chi connectivity index (χ1n) is 7.12. The van der Waals surface area contributed by atoms with Gasteiger partial charge in [-0.25, -0.2) is 0 Å². The minimum absolute atomic E-state index is 0.108. The van der Waals surface area contributed by atoms with Crippen LogP contribution in [0.1, 0.15) is 49.7 Å². The fourth-order valence-corrected chi connectivity index (χ4v) is 4.47. The van der Waals surface area contributed by atoms with Crippen LogP contribution in [0.3, 0.4) is 0 Å². The molecule has 2 nitrogen and oxygen atoms in total. The van der Waals surface area contributed by atoms with Gasteiger partial charge in [-0.05, 0) is 60.3 Å². The zero-order valence-electron chi connectivity index (χ0n) is 11.0. The Balaban J connectivity index is 2.04. The lowest BCUT2D eigenvalue weighted by Gasteiger charge is -2.43. The molecule has 1 N–H and O–H groups in total. The summed E-state index contributed by atoms with van der Waals surface area (Å²) in [5, 5.41) is 9.98. The summed E-state index contributed by atoms with van der Waals surface area (Å²) in [5.41, 5.74) is 2.83. The molecule has 2 aliphatic rings. The quantitative estimate of drug-likeness (QED) is 0.881. The summed E-state index contributed by atoms with van der Waals surface area (Å²) in [4.78, 5) is 11.2. The number of benzene rings is 1. The maximum Gasteiger partial charge on any atom is 0.303 e. The molecule has 1 saturated carbocycles. The number of fused-ring (bicyclic) bond motifs is 2. The Morgan fingerprint density at radius 2 is 2.11 bits per heavy atom. The van der Waals surface area contributed by atoms with E-state index in [0.717, 1.165) is 30.7 Å². The van der Waals surface area contributed by atoms with Crippen molar-refractivity contribution in [2.24, 2.45) is 5.92 Å². The van der Waals surface area contributed by atoms with Crippen molar-refractivity contribution < 1.29 is 9.90 Å². The van der Waals surface area contributed by atoms with Gasteiger partial charge in [0.15, 0.2) is 0 Å². The minimum Gasteiger partial charge on any atom is -0.481 e. The number of aliphatic carboxylic acids is 1. The minimum atomic E-state index is -0.659. The van der Waals surface area contributed by atoms with Gasteiger partial charge in [0.1, 0.15) is 0 Å². The molecule has 2 aliphatic carbocycles. The van der Waals surface area contributed by atoms with Crippen molar-refractivity contribution >= 4 is 17.6 Å². The standard InChI is InChI=1S/C16H19ClO2/c17-13-5-6-14-11(9-13)3-4-12(10-15(18)19)16(14)7-1-2-8-16/h5-6,9,12H,1-4,7-8,10H2,(H,18,19). The highest BCUT2D eigenvalue weighted by Crippen LogP contribution is 2.53. The lowest BCUT2D eigenvalue weighted by Crippen LogP contribution is -2.38. The molecule has 1 fully saturated rings. The summed E-state index contributed by atoms with van der Waals surface area (Å²) < 4.78 is 0. The molecule has 3 rings (SSSR count). The Morgan fingerprint density at radius 3 is 2.79 bits per heavy atom. The normalized spacial score (nSPS) is 24.4. The zero-order chi connectivity index (χ0) is 13.5. The average Bonchev–Trinajstić information content (AvgIpc) is 2.83. The first-order valence-corrected chi connectivity index (χ1v) is 7.50. The Hall–Kier alpha value is -1.02. The van der Waals surface area contributed by atoms with Crippen LogP contribution in [0.2, 0.25) is 5.02 Å². The fourth-order valence-electron chi connectivity index (χ4n) is 4.27. The molecule has 1 atom stereocenters. The van der Waals surface area contributed by atoms with E-state index in [1.165, 1.54) is 24.0 Å². The number of carboxylic acids is 1. The lowest BCUT2D eigenvalue weighted by atomic mass is 9.61. The summed E-state index contributed by atoms with van der Waals surface area (Å²) in [5.74, 6) is -0.366. The van der Waals surface area contributed by atoms with Crippen LogP contribution in [0.25, 0.3) is 0 Å². The smallest absolute Gasteiger partial charge is 0.303 e. The van der Waals surface area contributed by atoms with Crippen LogP contribution < -0.4 is 0 Å². The van der Waals surface area contributed by atoms with Gasteiger partial charge >= 0.3 is 5.97 Å². The summed E-state index contributed by atoms with van der Waals surface area (Å²) in [6.07, 6.45) is 6.98. The summed E-state index contributed by atoms with van der Waals surface area (Å²) in [6, 6.07) is 6.19. The van der Waals surface area contributed by atoms with Gasteiger partial charge in [-0.2, -0.15) is 0 Å². The van der Waals surface area contributed by atoms with Gasteiger partial charge in [0.25, 0.3) is 0 Å². The Morgan fingerprint density at radius 1 is 1.37 bits per heavy atom. The lowest BCUT2D eigenvalue weighted by molar-refractivity contribution is -0.138. The number of aryl methyl sites for hydroxylation is 1. The van der Waals surface area contributed by atoms with Crippen molar-refractivity contribution in [3.05, 3.63) is 34.3 Å². The van der Waals surface area contributed by atoms with Crippen molar-refractivity contribution in [1.82, 2.24) is 0 Å². The first-order chi connectivity index (χ1) is 9.12. The largest absolute Gasteiger partial charge is 0.481 e. The molecule has 3 heteroatoms. The highest BCUT2D eigenvalue weighted by Gasteiger charge is 2.46. The third kappa shape index (κ3) is 2.16. The van der Waals surface area contributed by atoms with E-state index in [1.54, 1.807) is 0 Å². The van der Waals surface area contributed by atoms with E-state index in [2.05, 4.69) is 12.1 Å². The maximum atomic E-state index is 11.2. The van der Waals surface area contributed by atoms with E-state index in [4.69, 9.17) is 11.6 Å². The van der Waals surface area contributed by atoms with Crippen LogP contribution in [0, 0.1) is 5.92 Å². The predicted octanol–water partition coefficient (Wildman–Crippen LogP) is 4.19. The van der Waals surface area contributed by atoms with Crippen molar-refractivity contribution in [3.63, 3.8) is 0 Å². The molecule has 0 aromatic heterocycles. The predicted molar refractivity (Wildman–Crippen MR) is 75.7 cm³/mol. The molecule has 102 valence electrons. The van der Waals surface area contributed by atoms with Crippen molar-refractivity contribution in [3.8, 4) is 0 Å². The molecule has 0 saturated heterocycles. The SMILES string of the molecule is O=C(O)CC1CCc2cc(Cl)ccc2C12CCCC2. The fraction of sp³-hybridized carbons (Fsp3) is 0.562. The van der Waals surface area contributed by atoms with Gasteiger partial charge in [-0.3, -0.25) is 4.79 Å². The molecular weight excluding hydrogens is 260 g/mol. The topological polar surface area (TPSA) is 37.3 Å². The zero-order valence-corrected chi connectivity index (χ0v) is 11.7. The highest BCUT2D eigenvalue weighted by atomic mass is 35.5. The molecule has 1 spiro atoms. The third-order valence-corrected chi connectivity index (χ3v) is 5.30. The second kappa shape index (κ2) is 4.82.